The van der Waals surface area contributed by atoms with Crippen LogP contribution in [-0.4, -0.2) is 18.0 Å². The molecule has 19 rings (SSSR count). The summed E-state index contributed by atoms with van der Waals surface area (Å²) in [7, 11) is 0. The topological polar surface area (TPSA) is 17.9 Å². The zero-order valence-corrected chi connectivity index (χ0v) is 50.9. The maximum atomic E-state index is 2.69. The van der Waals surface area contributed by atoms with Gasteiger partial charge in [-0.2, -0.15) is 0 Å². The van der Waals surface area contributed by atoms with E-state index < -0.39 is 0 Å². The number of fused-ring (bicyclic) bond motifs is 11. The van der Waals surface area contributed by atoms with Crippen molar-refractivity contribution in [3.8, 4) is 27.9 Å². The molecule has 0 spiro atoms. The van der Waals surface area contributed by atoms with Crippen LogP contribution in [0.2, 0.25) is 0 Å². The van der Waals surface area contributed by atoms with E-state index in [1.54, 1.807) is 0 Å². The fraction of sp³-hybridized carbons (Fsp3) is 0. The van der Waals surface area contributed by atoms with Gasteiger partial charge < -0.3 is 24.2 Å². The quantitative estimate of drug-likeness (QED) is 0.134. The number of nitrogens with zero attached hydrogens (tertiary/aromatic N) is 5. The summed E-state index contributed by atoms with van der Waals surface area (Å²) in [5.74, 6) is 0. The van der Waals surface area contributed by atoms with E-state index in [0.29, 0.717) is 0 Å². The van der Waals surface area contributed by atoms with Crippen molar-refractivity contribution in [1.82, 2.24) is 4.57 Å². The number of rotatable bonds is 9. The molecule has 0 atom stereocenters. The van der Waals surface area contributed by atoms with Gasteiger partial charge in [-0.1, -0.05) is 248 Å². The van der Waals surface area contributed by atoms with Crippen LogP contribution in [0.3, 0.4) is 0 Å². The van der Waals surface area contributed by atoms with Crippen LogP contribution in [0, 0.1) is 0 Å². The Bertz CT molecular complexity index is 5270. The fourth-order valence-electron chi connectivity index (χ4n) is 15.6. The first kappa shape index (κ1) is 52.5. The summed E-state index contributed by atoms with van der Waals surface area (Å²) in [5, 5.41) is 2.48. The van der Waals surface area contributed by atoms with Crippen LogP contribution in [0.25, 0.3) is 49.7 Å². The summed E-state index contributed by atoms with van der Waals surface area (Å²) in [4.78, 5) is 12.8. The molecule has 428 valence electrons. The minimum Gasteiger partial charge on any atom is -0.311 e. The lowest BCUT2D eigenvalue weighted by molar-refractivity contribution is 1.15. The molecular weight excluding hydrogens is 1130 g/mol. The molecule has 1 aromatic heterocycles. The number of benzene rings is 14. The molecule has 4 aliphatic rings. The lowest BCUT2D eigenvalue weighted by Gasteiger charge is -2.47. The van der Waals surface area contributed by atoms with Gasteiger partial charge in [-0.15, -0.1) is 0 Å². The van der Waals surface area contributed by atoms with Gasteiger partial charge in [-0.25, -0.2) is 0 Å². The minimum absolute atomic E-state index is 0.0944. The zero-order chi connectivity index (χ0) is 60.4. The summed E-state index contributed by atoms with van der Waals surface area (Å²) in [6.07, 6.45) is 0. The highest BCUT2D eigenvalue weighted by atomic mass is 32.2. The minimum atomic E-state index is -0.190. The van der Waals surface area contributed by atoms with Gasteiger partial charge in [0.25, 0.3) is 6.71 Å². The molecule has 0 saturated heterocycles. The highest BCUT2D eigenvalue weighted by molar-refractivity contribution is 8.00. The Hall–Kier alpha value is -11.4. The molecule has 0 fully saturated rings. The summed E-state index contributed by atoms with van der Waals surface area (Å²) in [6.45, 7) is -0.285. The molecule has 4 aliphatic heterocycles. The maximum Gasteiger partial charge on any atom is 0.252 e. The Morgan fingerprint density at radius 1 is 0.272 bits per heavy atom. The fourth-order valence-corrected chi connectivity index (χ4v) is 16.8. The van der Waals surface area contributed by atoms with Crippen molar-refractivity contribution in [2.75, 3.05) is 19.6 Å². The van der Waals surface area contributed by atoms with E-state index in [2.05, 4.69) is 358 Å². The molecule has 15 aromatic rings. The number of hydrogen-bond acceptors (Lipinski definition) is 5. The van der Waals surface area contributed by atoms with Gasteiger partial charge in [0.05, 0.1) is 22.4 Å². The number of aromatic nitrogens is 1. The van der Waals surface area contributed by atoms with Crippen LogP contribution < -0.4 is 52.4 Å². The smallest absolute Gasteiger partial charge is 0.252 e. The Morgan fingerprint density at radius 3 is 1.33 bits per heavy atom. The van der Waals surface area contributed by atoms with E-state index in [1.165, 1.54) is 70.1 Å². The molecule has 8 heteroatoms. The molecule has 0 radical (unpaired) electrons. The molecule has 5 heterocycles. The average Bonchev–Trinajstić information content (AvgIpc) is 0.770. The molecule has 0 amide bonds. The molecule has 0 unspecified atom stereocenters. The first-order chi connectivity index (χ1) is 45.7. The molecule has 0 aliphatic carbocycles. The second-order valence-corrected chi connectivity index (χ2v) is 25.4. The lowest BCUT2D eigenvalue weighted by atomic mass is 9.30. The van der Waals surface area contributed by atoms with Gasteiger partial charge in [0.1, 0.15) is 0 Å². The summed E-state index contributed by atoms with van der Waals surface area (Å²) in [5.41, 5.74) is 29.1. The first-order valence-corrected chi connectivity index (χ1v) is 32.5. The molecular formula is C84H55B2N5S. The summed E-state index contributed by atoms with van der Waals surface area (Å²) < 4.78 is 2.50. The first-order valence-electron chi connectivity index (χ1n) is 31.7. The van der Waals surface area contributed by atoms with E-state index in [0.717, 1.165) is 90.5 Å². The molecule has 92 heavy (non-hydrogen) atoms. The van der Waals surface area contributed by atoms with Crippen LogP contribution in [0.5, 0.6) is 0 Å². The predicted molar refractivity (Wildman–Crippen MR) is 390 cm³/mol. The molecule has 0 N–H and O–H groups in total. The third-order valence-corrected chi connectivity index (χ3v) is 20.5. The Balaban J connectivity index is 0.976. The van der Waals surface area contributed by atoms with Crippen molar-refractivity contribution in [3.05, 3.63) is 334 Å². The predicted octanol–water partition coefficient (Wildman–Crippen LogP) is 18.4. The van der Waals surface area contributed by atoms with E-state index in [1.807, 2.05) is 11.8 Å². The zero-order valence-electron chi connectivity index (χ0n) is 50.1. The van der Waals surface area contributed by atoms with Crippen molar-refractivity contribution in [2.45, 2.75) is 9.79 Å². The van der Waals surface area contributed by atoms with E-state index in [-0.39, 0.29) is 13.4 Å². The SMILES string of the molecule is c1ccc(-c2cccc(-c3ccccc3)c2N2c3cc4c(cc3B3c5ccccc5N(c5ccccc5)c5cc(N(c6ccccc6)c6ccccc6)cc2c53)B2c3ccccc3Sc3cc(-n5c6ccccc6c6ccccc65)cc(c32)N4c2ccccc2)cc1. The highest BCUT2D eigenvalue weighted by Crippen LogP contribution is 2.54. The van der Waals surface area contributed by atoms with Crippen molar-refractivity contribution in [3.63, 3.8) is 0 Å². The third kappa shape index (κ3) is 8.03. The molecule has 5 nitrogen and oxygen atoms in total. The lowest BCUT2D eigenvalue weighted by Crippen LogP contribution is -2.64. The van der Waals surface area contributed by atoms with Gasteiger partial charge in [0.15, 0.2) is 0 Å². The third-order valence-electron chi connectivity index (χ3n) is 19.3. The number of anilines is 12. The monoisotopic (exact) mass is 1190 g/mol. The van der Waals surface area contributed by atoms with Gasteiger partial charge in [-0.3, -0.25) is 0 Å². The van der Waals surface area contributed by atoms with Crippen molar-refractivity contribution >= 4 is 148 Å². The molecule has 14 aromatic carbocycles. The molecule has 0 saturated carbocycles. The van der Waals surface area contributed by atoms with E-state index >= 15 is 0 Å². The number of para-hydroxylation sites is 8. The Labute approximate surface area is 540 Å². The van der Waals surface area contributed by atoms with E-state index in [9.17, 15) is 0 Å². The second kappa shape index (κ2) is 21.1. The van der Waals surface area contributed by atoms with Crippen LogP contribution in [0.1, 0.15) is 0 Å². The standard InChI is InChI=1S/C84H55B2N5S/c1-7-28-56(29-8-1)64-42-27-43-65(57-30-9-2-10-31-57)84(64)91-76-55-75-70(86-69-45-22-26-49-80(69)92-81-53-63(52-79(83(81)86)89(75)61-38-17-6-18-39-61)90-72-46-23-19-40-66(72)67-41-20-24-47-73(67)90)54-71(76)85-68-44-21-25-48-74(68)88(60-36-15-5-16-37-60)77-50-62(51-78(91)82(77)85)87(58-32-11-3-12-33-58)59-34-13-4-14-35-59/h1-55H. The van der Waals surface area contributed by atoms with Crippen LogP contribution >= 0.6 is 11.8 Å². The van der Waals surface area contributed by atoms with Gasteiger partial charge >= 0.3 is 0 Å². The van der Waals surface area contributed by atoms with Crippen molar-refractivity contribution in [1.29, 1.82) is 0 Å². The Morgan fingerprint density at radius 2 is 0.728 bits per heavy atom. The van der Waals surface area contributed by atoms with Gasteiger partial charge in [0, 0.05) is 94.3 Å². The maximum absolute atomic E-state index is 2.69. The van der Waals surface area contributed by atoms with Crippen molar-refractivity contribution < 1.29 is 0 Å². The average molecular weight is 1190 g/mol. The van der Waals surface area contributed by atoms with Crippen LogP contribution in [0.15, 0.2) is 343 Å². The van der Waals surface area contributed by atoms with Crippen LogP contribution in [-0.2, 0) is 0 Å². The van der Waals surface area contributed by atoms with Gasteiger partial charge in [0.2, 0.25) is 6.71 Å². The van der Waals surface area contributed by atoms with Crippen LogP contribution in [0.4, 0.5) is 68.2 Å². The molecule has 0 bridgehead atoms. The van der Waals surface area contributed by atoms with Crippen molar-refractivity contribution in [2.24, 2.45) is 0 Å². The van der Waals surface area contributed by atoms with Gasteiger partial charge in [-0.05, 0) is 142 Å². The normalized spacial score (nSPS) is 13.1. The summed E-state index contributed by atoms with van der Waals surface area (Å²) >= 11 is 1.91. The summed E-state index contributed by atoms with van der Waals surface area (Å²) in [6, 6.07) is 124. The second-order valence-electron chi connectivity index (χ2n) is 24.3. The van der Waals surface area contributed by atoms with E-state index in [4.69, 9.17) is 0 Å². The number of hydrogen-bond donors (Lipinski definition) is 0. The highest BCUT2D eigenvalue weighted by Gasteiger charge is 2.48. The Kier molecular flexibility index (Phi) is 12.0. The largest absolute Gasteiger partial charge is 0.311 e.